The number of hydrogen-bond acceptors (Lipinski definition) is 13. The number of phenolic OH excluding ortho intramolecular Hbond substituents is 5. The molecule has 0 saturated heterocycles. The van der Waals surface area contributed by atoms with Gasteiger partial charge in [-0.05, 0) is 205 Å². The Bertz CT molecular complexity index is 3630. The van der Waals surface area contributed by atoms with Crippen LogP contribution in [0.2, 0.25) is 0 Å². The number of hydrogen-bond donors (Lipinski definition) is 5. The first-order valence-electron chi connectivity index (χ1n) is 43.5. The average molecular weight is 1580 g/mol. The van der Waals surface area contributed by atoms with Crippen LogP contribution in [0.15, 0.2) is 85.3 Å². The molecule has 0 aliphatic heterocycles. The Morgan fingerprint density at radius 3 is 1.03 bits per heavy atom. The molecule has 13 nitrogen and oxygen atoms in total. The van der Waals surface area contributed by atoms with Crippen LogP contribution >= 0.6 is 0 Å². The predicted molar refractivity (Wildman–Crippen MR) is 475 cm³/mol. The molecule has 13 heteroatoms. The fraction of sp³-hybridized carbons (Fsp3) is 0.634. The van der Waals surface area contributed by atoms with Crippen LogP contribution < -0.4 is 0 Å². The third kappa shape index (κ3) is 36.6. The van der Waals surface area contributed by atoms with Gasteiger partial charge in [-0.1, -0.05) is 311 Å². The van der Waals surface area contributed by atoms with Crippen LogP contribution in [0, 0.1) is 13.8 Å². The average Bonchev–Trinajstić information content (AvgIpc) is 0.786. The smallest absolute Gasteiger partial charge is 0.310 e. The van der Waals surface area contributed by atoms with Gasteiger partial charge in [-0.2, -0.15) is 0 Å². The van der Waals surface area contributed by atoms with Gasteiger partial charge in [0.15, 0.2) is 0 Å². The Morgan fingerprint density at radius 2 is 0.702 bits per heavy atom. The van der Waals surface area contributed by atoms with Crippen LogP contribution in [-0.4, -0.2) is 76.5 Å². The Balaban J connectivity index is 0.000000458. The molecule has 0 aliphatic carbocycles. The van der Waals surface area contributed by atoms with E-state index < -0.39 is 0 Å². The highest BCUT2D eigenvalue weighted by molar-refractivity contribution is 5.71. The maximum atomic E-state index is 12.3. The van der Waals surface area contributed by atoms with Crippen molar-refractivity contribution in [2.24, 2.45) is 0 Å². The SMILES string of the molecule is CCCC(c1cc(C(C)(C)C)c(O)cc1C)c1cc(C(C)(C)C)c(O)cc1C.CCCCCCCCCCCCCCCCCCOC(=O)CCc1cc(C(C)(C)C)c(O)c(C(C)(C)C)c1.CCc1cc(CCC(=O)O/C=C/COCCCOC/C=C/OC(=O)CCc2cc(C(C)(C)C)c(O)c(C(C)(C)C)c2)cc(C(C)C)c1O. The molecule has 0 amide bonds. The summed E-state index contributed by atoms with van der Waals surface area (Å²) >= 11 is 0. The third-order valence-corrected chi connectivity index (χ3v) is 21.3. The molecular weight excluding hydrogens is 1420 g/mol. The Hall–Kier alpha value is -7.09. The summed E-state index contributed by atoms with van der Waals surface area (Å²) < 4.78 is 26.9. The molecule has 0 atom stereocenters. The van der Waals surface area contributed by atoms with Gasteiger partial charge in [0.05, 0.1) is 32.3 Å². The highest BCUT2D eigenvalue weighted by Gasteiger charge is 2.31. The van der Waals surface area contributed by atoms with Gasteiger partial charge in [0.1, 0.15) is 28.7 Å². The van der Waals surface area contributed by atoms with Crippen molar-refractivity contribution in [3.63, 3.8) is 0 Å². The lowest BCUT2D eigenvalue weighted by molar-refractivity contribution is -0.144. The molecule has 5 N–H and O–H groups in total. The number of esters is 3. The summed E-state index contributed by atoms with van der Waals surface area (Å²) in [5.41, 5.74) is 14.3. The second-order valence-electron chi connectivity index (χ2n) is 38.3. The lowest BCUT2D eigenvalue weighted by atomic mass is 9.76. The summed E-state index contributed by atoms with van der Waals surface area (Å²) in [4.78, 5) is 36.8. The van der Waals surface area contributed by atoms with E-state index in [-0.39, 0.29) is 75.1 Å². The number of phenols is 5. The maximum Gasteiger partial charge on any atom is 0.310 e. The van der Waals surface area contributed by atoms with Gasteiger partial charge in [0, 0.05) is 38.4 Å². The summed E-state index contributed by atoms with van der Waals surface area (Å²) in [6.45, 7) is 54.8. The summed E-state index contributed by atoms with van der Waals surface area (Å²) in [5, 5.41) is 53.3. The summed E-state index contributed by atoms with van der Waals surface area (Å²) in [5.74, 6) is 1.50. The van der Waals surface area contributed by atoms with Crippen LogP contribution in [0.3, 0.4) is 0 Å². The summed E-state index contributed by atoms with van der Waals surface area (Å²) in [7, 11) is 0. The number of ether oxygens (including phenoxy) is 5. The van der Waals surface area contributed by atoms with E-state index >= 15 is 0 Å². The highest BCUT2D eigenvalue weighted by atomic mass is 16.5. The molecule has 640 valence electrons. The third-order valence-electron chi connectivity index (χ3n) is 21.3. The fourth-order valence-corrected chi connectivity index (χ4v) is 14.4. The largest absolute Gasteiger partial charge is 0.508 e. The Labute approximate surface area is 692 Å². The molecule has 5 rings (SSSR count). The highest BCUT2D eigenvalue weighted by Crippen LogP contribution is 2.45. The monoisotopic (exact) mass is 1580 g/mol. The van der Waals surface area contributed by atoms with Crippen LogP contribution in [0.5, 0.6) is 28.7 Å². The van der Waals surface area contributed by atoms with E-state index in [0.717, 1.165) is 104 Å². The van der Waals surface area contributed by atoms with Crippen molar-refractivity contribution in [3.8, 4) is 28.7 Å². The zero-order chi connectivity index (χ0) is 85.8. The normalized spacial score (nSPS) is 12.4. The molecular formula is C101H158O13. The van der Waals surface area contributed by atoms with Crippen LogP contribution in [0.25, 0.3) is 0 Å². The first-order valence-corrected chi connectivity index (χ1v) is 43.5. The van der Waals surface area contributed by atoms with Crippen molar-refractivity contribution < 1.29 is 63.6 Å². The fourth-order valence-electron chi connectivity index (χ4n) is 14.4. The Morgan fingerprint density at radius 1 is 0.368 bits per heavy atom. The minimum absolute atomic E-state index is 0.117. The number of benzene rings is 5. The minimum atomic E-state index is -0.329. The van der Waals surface area contributed by atoms with Gasteiger partial charge in [-0.3, -0.25) is 14.4 Å². The van der Waals surface area contributed by atoms with Crippen molar-refractivity contribution in [2.75, 3.05) is 33.0 Å². The second kappa shape index (κ2) is 49.2. The van der Waals surface area contributed by atoms with Gasteiger partial charge in [0.25, 0.3) is 0 Å². The maximum absolute atomic E-state index is 12.3. The van der Waals surface area contributed by atoms with Crippen molar-refractivity contribution in [1.29, 1.82) is 0 Å². The van der Waals surface area contributed by atoms with Crippen molar-refractivity contribution in [3.05, 3.63) is 169 Å². The lowest BCUT2D eigenvalue weighted by Crippen LogP contribution is -2.18. The van der Waals surface area contributed by atoms with E-state index in [0.29, 0.717) is 93.9 Å². The van der Waals surface area contributed by atoms with Crippen molar-refractivity contribution in [1.82, 2.24) is 0 Å². The van der Waals surface area contributed by atoms with E-state index in [4.69, 9.17) is 23.7 Å². The summed E-state index contributed by atoms with van der Waals surface area (Å²) in [6.07, 6.45) is 33.6. The number of unbranched alkanes of at least 4 members (excludes halogenated alkanes) is 15. The number of carbonyl (C=O) groups excluding carboxylic acids is 3. The molecule has 5 aromatic rings. The molecule has 114 heavy (non-hydrogen) atoms. The zero-order valence-corrected chi connectivity index (χ0v) is 76.2. The molecule has 0 aromatic heterocycles. The molecule has 0 unspecified atom stereocenters. The first-order chi connectivity index (χ1) is 53.3. The van der Waals surface area contributed by atoms with Crippen LogP contribution in [0.4, 0.5) is 0 Å². The lowest BCUT2D eigenvalue weighted by Gasteiger charge is -2.29. The molecule has 0 aliphatic rings. The molecule has 0 fully saturated rings. The molecule has 0 heterocycles. The minimum Gasteiger partial charge on any atom is -0.508 e. The van der Waals surface area contributed by atoms with E-state index in [1.807, 2.05) is 57.2 Å². The summed E-state index contributed by atoms with van der Waals surface area (Å²) in [6, 6.07) is 20.3. The van der Waals surface area contributed by atoms with Gasteiger partial charge >= 0.3 is 17.9 Å². The molecule has 0 bridgehead atoms. The molecule has 0 radical (unpaired) electrons. The van der Waals surface area contributed by atoms with Gasteiger partial charge in [0.2, 0.25) is 0 Å². The predicted octanol–water partition coefficient (Wildman–Crippen LogP) is 26.4. The van der Waals surface area contributed by atoms with Gasteiger partial charge < -0.3 is 49.2 Å². The van der Waals surface area contributed by atoms with E-state index in [1.54, 1.807) is 12.2 Å². The molecule has 5 aromatic carbocycles. The second-order valence-corrected chi connectivity index (χ2v) is 38.3. The van der Waals surface area contributed by atoms with Gasteiger partial charge in [-0.15, -0.1) is 0 Å². The number of aromatic hydroxyl groups is 5. The first kappa shape index (κ1) is 101. The van der Waals surface area contributed by atoms with Crippen LogP contribution in [0.1, 0.15) is 396 Å². The number of carbonyl (C=O) groups is 3. The zero-order valence-electron chi connectivity index (χ0n) is 76.2. The van der Waals surface area contributed by atoms with E-state index in [2.05, 4.69) is 177 Å². The Kier molecular flexibility index (Phi) is 43.6. The molecule has 0 saturated carbocycles. The van der Waals surface area contributed by atoms with Crippen molar-refractivity contribution >= 4 is 17.9 Å². The van der Waals surface area contributed by atoms with E-state index in [1.165, 1.54) is 114 Å². The molecule has 0 spiro atoms. The topological polar surface area (TPSA) is 199 Å². The van der Waals surface area contributed by atoms with Crippen LogP contribution in [-0.2, 0) is 96.2 Å². The number of aryl methyl sites for hydroxylation is 6. The standard InChI is InChI=1S/C40H58O8.C35H62O3.C26H38O2/c1-10-31-24-29(25-32(28(2)3)37(31)43)14-16-35(41)47-22-12-20-45-18-11-19-46-21-13-23-48-36(42)17-15-30-26-33(39(4,5)6)38(44)34(27-30)40(7,8)9;1-8-9-10-11-12-13-14-15-16-17-18-19-20-21-22-23-26-38-32(36)25-24-29-27-30(34(2,3)4)33(37)31(28-29)35(5,6)7;1-10-11-18(19-14-21(25(4,5)6)23(27)12-16(19)2)20-15-22(26(7,8)9)24(28)13-17(20)3/h12-13,22-28,43-44H,10-11,14-21H2,1-9H3;27-28,37H,8-26H2,1-7H3;12-15,18,27-28H,10-11H2,1-9H3/b22-12+,23-13+;;. The quantitative estimate of drug-likeness (QED) is 0.0107. The number of rotatable bonds is 42. The van der Waals surface area contributed by atoms with E-state index in [9.17, 15) is 39.9 Å². The van der Waals surface area contributed by atoms with Crippen molar-refractivity contribution in [2.45, 2.75) is 384 Å². The van der Waals surface area contributed by atoms with Gasteiger partial charge in [-0.25, -0.2) is 0 Å².